The summed E-state index contributed by atoms with van der Waals surface area (Å²) in [6.45, 7) is 3.51. The van der Waals surface area contributed by atoms with E-state index in [1.54, 1.807) is 11.3 Å². The molecule has 2 aromatic heterocycles. The Hall–Kier alpha value is -1.12. The van der Waals surface area contributed by atoms with E-state index in [2.05, 4.69) is 26.9 Å². The molecule has 0 unspecified atom stereocenters. The van der Waals surface area contributed by atoms with Gasteiger partial charge in [-0.2, -0.15) is 0 Å². The lowest BCUT2D eigenvalue weighted by molar-refractivity contribution is -0.118. The van der Waals surface area contributed by atoms with Crippen LogP contribution in [0.25, 0.3) is 0 Å². The van der Waals surface area contributed by atoms with E-state index < -0.39 is 0 Å². The van der Waals surface area contributed by atoms with E-state index in [-0.39, 0.29) is 5.91 Å². The third-order valence-electron chi connectivity index (χ3n) is 2.33. The van der Waals surface area contributed by atoms with Crippen LogP contribution in [-0.4, -0.2) is 34.9 Å². The van der Waals surface area contributed by atoms with Gasteiger partial charge in [-0.3, -0.25) is 4.79 Å². The van der Waals surface area contributed by atoms with Crippen molar-refractivity contribution in [2.45, 2.75) is 17.7 Å². The zero-order valence-electron chi connectivity index (χ0n) is 11.1. The fourth-order valence-electron chi connectivity index (χ4n) is 1.45. The van der Waals surface area contributed by atoms with Gasteiger partial charge in [0.05, 0.1) is 5.75 Å². The van der Waals surface area contributed by atoms with E-state index in [0.717, 1.165) is 22.4 Å². The first-order valence-electron chi connectivity index (χ1n) is 6.27. The number of amides is 1. The van der Waals surface area contributed by atoms with Crippen molar-refractivity contribution in [3.8, 4) is 0 Å². The van der Waals surface area contributed by atoms with Gasteiger partial charge in [0, 0.05) is 18.0 Å². The van der Waals surface area contributed by atoms with Crippen LogP contribution >= 0.6 is 34.4 Å². The number of thioether (sulfide) groups is 1. The summed E-state index contributed by atoms with van der Waals surface area (Å²) >= 11 is 4.60. The quantitative estimate of drug-likeness (QED) is 0.729. The molecule has 108 valence electrons. The van der Waals surface area contributed by atoms with Crippen LogP contribution in [0.5, 0.6) is 0 Å². The van der Waals surface area contributed by atoms with Crippen LogP contribution in [0.4, 0.5) is 5.13 Å². The van der Waals surface area contributed by atoms with Crippen LogP contribution < -0.4 is 10.6 Å². The van der Waals surface area contributed by atoms with Gasteiger partial charge in [-0.1, -0.05) is 29.2 Å². The molecule has 2 rings (SSSR count). The highest BCUT2D eigenvalue weighted by molar-refractivity contribution is 8.01. The van der Waals surface area contributed by atoms with Gasteiger partial charge in [-0.05, 0) is 24.8 Å². The summed E-state index contributed by atoms with van der Waals surface area (Å²) in [5, 5.41) is 16.9. The molecule has 0 bridgehead atoms. The number of hydrogen-bond donors (Lipinski definition) is 2. The van der Waals surface area contributed by atoms with Gasteiger partial charge in [-0.15, -0.1) is 21.5 Å². The summed E-state index contributed by atoms with van der Waals surface area (Å²) in [5.41, 5.74) is 0. The molecule has 2 aromatic rings. The molecule has 0 saturated heterocycles. The first kappa shape index (κ1) is 15.3. The van der Waals surface area contributed by atoms with Crippen LogP contribution in [0.2, 0.25) is 0 Å². The number of anilines is 1. The van der Waals surface area contributed by atoms with Gasteiger partial charge in [0.15, 0.2) is 4.34 Å². The van der Waals surface area contributed by atoms with Crippen molar-refractivity contribution < 1.29 is 4.79 Å². The molecular formula is C12H16N4OS3. The van der Waals surface area contributed by atoms with Crippen LogP contribution in [0, 0.1) is 0 Å². The average Bonchev–Trinajstić information content (AvgIpc) is 3.08. The number of thiophene rings is 1. The van der Waals surface area contributed by atoms with Crippen LogP contribution in [0.3, 0.4) is 0 Å². The fourth-order valence-corrected chi connectivity index (χ4v) is 3.81. The SMILES string of the molecule is CCNc1nnc(SCC(=O)NCCc2cccs2)s1. The first-order valence-corrected chi connectivity index (χ1v) is 8.95. The fraction of sp³-hybridized carbons (Fsp3) is 0.417. The third kappa shape index (κ3) is 5.10. The zero-order chi connectivity index (χ0) is 14.2. The predicted molar refractivity (Wildman–Crippen MR) is 85.8 cm³/mol. The molecule has 0 aliphatic rings. The van der Waals surface area contributed by atoms with E-state index in [0.29, 0.717) is 12.3 Å². The molecule has 8 heteroatoms. The minimum Gasteiger partial charge on any atom is -0.360 e. The second-order valence-corrected chi connectivity index (χ2v) is 7.10. The van der Waals surface area contributed by atoms with Gasteiger partial charge in [0.2, 0.25) is 11.0 Å². The standard InChI is InChI=1S/C12H16N4OS3/c1-2-13-11-15-16-12(20-11)19-8-10(17)14-6-5-9-4-3-7-18-9/h3-4,7H,2,5-6,8H2,1H3,(H,13,15)(H,14,17). The van der Waals surface area contributed by atoms with Crippen molar-refractivity contribution >= 4 is 45.5 Å². The van der Waals surface area contributed by atoms with Gasteiger partial charge in [0.1, 0.15) is 0 Å². The van der Waals surface area contributed by atoms with E-state index >= 15 is 0 Å². The number of nitrogens with zero attached hydrogens (tertiary/aromatic N) is 2. The molecule has 5 nitrogen and oxygen atoms in total. The summed E-state index contributed by atoms with van der Waals surface area (Å²) in [6, 6.07) is 4.10. The average molecular weight is 328 g/mol. The number of nitrogens with one attached hydrogen (secondary N) is 2. The van der Waals surface area contributed by atoms with Crippen LogP contribution in [0.15, 0.2) is 21.9 Å². The molecular weight excluding hydrogens is 312 g/mol. The number of carbonyl (C=O) groups excluding carboxylic acids is 1. The molecule has 0 aliphatic heterocycles. The Labute approximate surface area is 130 Å². The van der Waals surface area contributed by atoms with E-state index in [4.69, 9.17) is 0 Å². The lowest BCUT2D eigenvalue weighted by Crippen LogP contribution is -2.27. The Bertz CT molecular complexity index is 527. The first-order chi connectivity index (χ1) is 9.78. The highest BCUT2D eigenvalue weighted by atomic mass is 32.2. The maximum Gasteiger partial charge on any atom is 0.230 e. The molecule has 0 fully saturated rings. The topological polar surface area (TPSA) is 66.9 Å². The second-order valence-electron chi connectivity index (χ2n) is 3.87. The monoisotopic (exact) mass is 328 g/mol. The molecule has 1 amide bonds. The predicted octanol–water partition coefficient (Wildman–Crippen LogP) is 2.48. The Morgan fingerprint density at radius 2 is 2.35 bits per heavy atom. The van der Waals surface area contributed by atoms with Gasteiger partial charge in [0.25, 0.3) is 0 Å². The minimum absolute atomic E-state index is 0.0340. The van der Waals surface area contributed by atoms with Crippen molar-refractivity contribution in [1.82, 2.24) is 15.5 Å². The molecule has 20 heavy (non-hydrogen) atoms. The van der Waals surface area contributed by atoms with Crippen molar-refractivity contribution in [2.24, 2.45) is 0 Å². The smallest absolute Gasteiger partial charge is 0.230 e. The van der Waals surface area contributed by atoms with Crippen molar-refractivity contribution in [2.75, 3.05) is 24.2 Å². The summed E-state index contributed by atoms with van der Waals surface area (Å²) in [7, 11) is 0. The summed E-state index contributed by atoms with van der Waals surface area (Å²) < 4.78 is 0.814. The van der Waals surface area contributed by atoms with Gasteiger partial charge >= 0.3 is 0 Å². The van der Waals surface area contributed by atoms with E-state index in [1.807, 2.05) is 18.4 Å². The maximum atomic E-state index is 11.7. The normalized spacial score (nSPS) is 10.4. The van der Waals surface area contributed by atoms with E-state index in [1.165, 1.54) is 28.0 Å². The molecule has 0 aliphatic carbocycles. The van der Waals surface area contributed by atoms with Crippen molar-refractivity contribution in [3.63, 3.8) is 0 Å². The lowest BCUT2D eigenvalue weighted by Gasteiger charge is -2.02. The summed E-state index contributed by atoms with van der Waals surface area (Å²) in [5.74, 6) is 0.414. The maximum absolute atomic E-state index is 11.7. The molecule has 0 aromatic carbocycles. The molecule has 0 spiro atoms. The summed E-state index contributed by atoms with van der Waals surface area (Å²) in [4.78, 5) is 13.0. The Balaban J connectivity index is 1.64. The molecule has 0 saturated carbocycles. The minimum atomic E-state index is 0.0340. The molecule has 0 atom stereocenters. The van der Waals surface area contributed by atoms with Crippen molar-refractivity contribution in [3.05, 3.63) is 22.4 Å². The Morgan fingerprint density at radius 1 is 1.45 bits per heavy atom. The van der Waals surface area contributed by atoms with Gasteiger partial charge < -0.3 is 10.6 Å². The zero-order valence-corrected chi connectivity index (χ0v) is 13.5. The molecule has 2 N–H and O–H groups in total. The van der Waals surface area contributed by atoms with E-state index in [9.17, 15) is 4.79 Å². The third-order valence-corrected chi connectivity index (χ3v) is 5.29. The lowest BCUT2D eigenvalue weighted by atomic mass is 10.3. The van der Waals surface area contributed by atoms with Gasteiger partial charge in [-0.25, -0.2) is 0 Å². The Morgan fingerprint density at radius 3 is 3.10 bits per heavy atom. The second kappa shape index (κ2) is 8.23. The summed E-state index contributed by atoms with van der Waals surface area (Å²) in [6.07, 6.45) is 0.886. The largest absolute Gasteiger partial charge is 0.360 e. The Kier molecular flexibility index (Phi) is 6.28. The van der Waals surface area contributed by atoms with Crippen LogP contribution in [0.1, 0.15) is 11.8 Å². The number of rotatable bonds is 8. The number of aromatic nitrogens is 2. The molecule has 0 radical (unpaired) electrons. The highest BCUT2D eigenvalue weighted by Crippen LogP contribution is 2.24. The number of hydrogen-bond acceptors (Lipinski definition) is 7. The highest BCUT2D eigenvalue weighted by Gasteiger charge is 2.07. The number of carbonyl (C=O) groups is 1. The van der Waals surface area contributed by atoms with Crippen LogP contribution in [-0.2, 0) is 11.2 Å². The molecule has 2 heterocycles. The van der Waals surface area contributed by atoms with Crippen molar-refractivity contribution in [1.29, 1.82) is 0 Å².